The van der Waals surface area contributed by atoms with Crippen molar-refractivity contribution in [1.29, 1.82) is 0 Å². The van der Waals surface area contributed by atoms with Gasteiger partial charge in [-0.25, -0.2) is 4.68 Å². The smallest absolute Gasteiger partial charge is 0.247 e. The molecule has 2 N–H and O–H groups in total. The molecule has 0 bridgehead atoms. The second kappa shape index (κ2) is 6.48. The largest absolute Gasteiger partial charge is 0.367 e. The standard InChI is InChI=1S/C15H17ClN4O2/c16-11-1-3-13(4-2-11)20-6-5-12(18-20)9-19-7-8-22-14(10-19)15(17)21/h1-6,14H,7-10H2,(H2,17,21)/t14-/m0/s1. The van der Waals surface area contributed by atoms with E-state index in [1.165, 1.54) is 0 Å². The molecule has 0 aliphatic carbocycles. The SMILES string of the molecule is NC(=O)[C@@H]1CN(Cc2ccn(-c3ccc(Cl)cc3)n2)CCO1. The second-order valence-electron chi connectivity index (χ2n) is 5.22. The molecule has 0 unspecified atom stereocenters. The number of benzene rings is 1. The van der Waals surface area contributed by atoms with E-state index in [4.69, 9.17) is 22.1 Å². The molecular weight excluding hydrogens is 304 g/mol. The highest BCUT2D eigenvalue weighted by atomic mass is 35.5. The molecule has 0 saturated carbocycles. The van der Waals surface area contributed by atoms with Crippen LogP contribution in [0.5, 0.6) is 0 Å². The normalized spacial score (nSPS) is 19.2. The number of morpholine rings is 1. The number of carbonyl (C=O) groups is 1. The highest BCUT2D eigenvalue weighted by molar-refractivity contribution is 6.30. The molecule has 1 aliphatic heterocycles. The first-order chi connectivity index (χ1) is 10.6. The molecule has 1 aromatic heterocycles. The van der Waals surface area contributed by atoms with Crippen LogP contribution < -0.4 is 5.73 Å². The first-order valence-corrected chi connectivity index (χ1v) is 7.43. The van der Waals surface area contributed by atoms with Gasteiger partial charge in [0, 0.05) is 30.9 Å². The van der Waals surface area contributed by atoms with E-state index in [1.54, 1.807) is 4.68 Å². The van der Waals surface area contributed by atoms with Gasteiger partial charge >= 0.3 is 0 Å². The third kappa shape index (κ3) is 3.47. The molecule has 0 spiro atoms. The van der Waals surface area contributed by atoms with E-state index in [1.807, 2.05) is 36.5 Å². The molecule has 0 radical (unpaired) electrons. The van der Waals surface area contributed by atoms with Crippen LogP contribution in [0.3, 0.4) is 0 Å². The van der Waals surface area contributed by atoms with Crippen molar-refractivity contribution in [2.24, 2.45) is 5.73 Å². The van der Waals surface area contributed by atoms with Crippen LogP contribution in [0.4, 0.5) is 0 Å². The number of nitrogens with zero attached hydrogens (tertiary/aromatic N) is 3. The van der Waals surface area contributed by atoms with Crippen molar-refractivity contribution < 1.29 is 9.53 Å². The van der Waals surface area contributed by atoms with Gasteiger partial charge in [-0.2, -0.15) is 5.10 Å². The minimum atomic E-state index is -0.535. The number of halogens is 1. The van der Waals surface area contributed by atoms with Gasteiger partial charge in [0.15, 0.2) is 0 Å². The molecule has 7 heteroatoms. The van der Waals surface area contributed by atoms with Crippen molar-refractivity contribution in [2.75, 3.05) is 19.7 Å². The lowest BCUT2D eigenvalue weighted by Gasteiger charge is -2.30. The third-order valence-electron chi connectivity index (χ3n) is 3.59. The van der Waals surface area contributed by atoms with Crippen molar-refractivity contribution in [3.05, 3.63) is 47.2 Å². The Hall–Kier alpha value is -1.89. The fraction of sp³-hybridized carbons (Fsp3) is 0.333. The van der Waals surface area contributed by atoms with Gasteiger partial charge in [-0.15, -0.1) is 0 Å². The number of hydrogen-bond donors (Lipinski definition) is 1. The van der Waals surface area contributed by atoms with E-state index >= 15 is 0 Å². The molecule has 6 nitrogen and oxygen atoms in total. The summed E-state index contributed by atoms with van der Waals surface area (Å²) in [6, 6.07) is 9.45. The molecule has 1 aliphatic rings. The molecule has 2 aromatic rings. The summed E-state index contributed by atoms with van der Waals surface area (Å²) in [5.74, 6) is -0.420. The van der Waals surface area contributed by atoms with Crippen molar-refractivity contribution in [3.63, 3.8) is 0 Å². The summed E-state index contributed by atoms with van der Waals surface area (Å²) in [4.78, 5) is 13.3. The lowest BCUT2D eigenvalue weighted by molar-refractivity contribution is -0.135. The van der Waals surface area contributed by atoms with E-state index < -0.39 is 12.0 Å². The second-order valence-corrected chi connectivity index (χ2v) is 5.66. The summed E-state index contributed by atoms with van der Waals surface area (Å²) in [7, 11) is 0. The molecule has 1 amide bonds. The predicted molar refractivity (Wildman–Crippen MR) is 82.8 cm³/mol. The predicted octanol–water partition coefficient (Wildman–Crippen LogP) is 1.21. The van der Waals surface area contributed by atoms with E-state index in [2.05, 4.69) is 10.00 Å². The van der Waals surface area contributed by atoms with Crippen molar-refractivity contribution in [2.45, 2.75) is 12.6 Å². The van der Waals surface area contributed by atoms with Gasteiger partial charge in [0.1, 0.15) is 6.10 Å². The summed E-state index contributed by atoms with van der Waals surface area (Å²) >= 11 is 5.89. The average molecular weight is 321 g/mol. The lowest BCUT2D eigenvalue weighted by atomic mass is 10.2. The summed E-state index contributed by atoms with van der Waals surface area (Å²) < 4.78 is 7.14. The van der Waals surface area contributed by atoms with Crippen LogP contribution in [-0.2, 0) is 16.1 Å². The number of amides is 1. The zero-order valence-electron chi connectivity index (χ0n) is 12.0. The molecule has 116 valence electrons. The van der Waals surface area contributed by atoms with Gasteiger partial charge in [-0.3, -0.25) is 9.69 Å². The van der Waals surface area contributed by atoms with E-state index in [0.29, 0.717) is 24.7 Å². The Labute approximate surface area is 133 Å². The van der Waals surface area contributed by atoms with Gasteiger partial charge in [0.05, 0.1) is 18.0 Å². The molecule has 22 heavy (non-hydrogen) atoms. The van der Waals surface area contributed by atoms with Crippen molar-refractivity contribution in [1.82, 2.24) is 14.7 Å². The van der Waals surface area contributed by atoms with Gasteiger partial charge in [-0.05, 0) is 30.3 Å². The fourth-order valence-electron chi connectivity index (χ4n) is 2.43. The summed E-state index contributed by atoms with van der Waals surface area (Å²) in [6.45, 7) is 2.43. The van der Waals surface area contributed by atoms with Gasteiger partial charge in [0.2, 0.25) is 5.91 Å². The maximum Gasteiger partial charge on any atom is 0.247 e. The third-order valence-corrected chi connectivity index (χ3v) is 3.84. The Bertz CT molecular complexity index is 656. The molecule has 1 aromatic carbocycles. The number of carbonyl (C=O) groups excluding carboxylic acids is 1. The Morgan fingerprint density at radius 1 is 1.36 bits per heavy atom. The number of aromatic nitrogens is 2. The van der Waals surface area contributed by atoms with Crippen LogP contribution in [0.15, 0.2) is 36.5 Å². The Balaban J connectivity index is 1.66. The Kier molecular flexibility index (Phi) is 4.42. The minimum absolute atomic E-state index is 0.420. The van der Waals surface area contributed by atoms with Crippen LogP contribution >= 0.6 is 11.6 Å². The molecule has 3 rings (SSSR count). The average Bonchev–Trinajstić information content (AvgIpc) is 2.96. The zero-order chi connectivity index (χ0) is 15.5. The monoisotopic (exact) mass is 320 g/mol. The van der Waals surface area contributed by atoms with Crippen molar-refractivity contribution in [3.8, 4) is 5.69 Å². The Morgan fingerprint density at radius 2 is 2.14 bits per heavy atom. The summed E-state index contributed by atoms with van der Waals surface area (Å²) in [5, 5.41) is 5.25. The number of nitrogens with two attached hydrogens (primary N) is 1. The number of rotatable bonds is 4. The zero-order valence-corrected chi connectivity index (χ0v) is 12.7. The first kappa shape index (κ1) is 15.0. The lowest BCUT2D eigenvalue weighted by Crippen LogP contribution is -2.47. The fourth-order valence-corrected chi connectivity index (χ4v) is 2.56. The Morgan fingerprint density at radius 3 is 2.86 bits per heavy atom. The van der Waals surface area contributed by atoms with E-state index in [-0.39, 0.29) is 0 Å². The summed E-state index contributed by atoms with van der Waals surface area (Å²) in [6.07, 6.45) is 1.37. The number of primary amides is 1. The maximum atomic E-state index is 11.2. The minimum Gasteiger partial charge on any atom is -0.367 e. The molecule has 1 atom stereocenters. The van der Waals surface area contributed by atoms with E-state index in [9.17, 15) is 4.79 Å². The molecular formula is C15H17ClN4O2. The van der Waals surface area contributed by atoms with Crippen LogP contribution in [0.2, 0.25) is 5.02 Å². The van der Waals surface area contributed by atoms with E-state index in [0.717, 1.165) is 17.9 Å². The molecule has 2 heterocycles. The quantitative estimate of drug-likeness (QED) is 0.919. The molecule has 1 saturated heterocycles. The summed E-state index contributed by atoms with van der Waals surface area (Å²) in [5.41, 5.74) is 7.18. The number of hydrogen-bond acceptors (Lipinski definition) is 4. The first-order valence-electron chi connectivity index (χ1n) is 7.05. The highest BCUT2D eigenvalue weighted by Gasteiger charge is 2.25. The topological polar surface area (TPSA) is 73.4 Å². The van der Waals surface area contributed by atoms with Crippen LogP contribution in [0.1, 0.15) is 5.69 Å². The number of ether oxygens (including phenoxy) is 1. The van der Waals surface area contributed by atoms with Crippen LogP contribution in [0, 0.1) is 0 Å². The van der Waals surface area contributed by atoms with Gasteiger partial charge in [0.25, 0.3) is 0 Å². The van der Waals surface area contributed by atoms with Crippen molar-refractivity contribution >= 4 is 17.5 Å². The van der Waals surface area contributed by atoms with Gasteiger partial charge in [-0.1, -0.05) is 11.6 Å². The molecule has 1 fully saturated rings. The van der Waals surface area contributed by atoms with Crippen LogP contribution in [-0.4, -0.2) is 46.4 Å². The van der Waals surface area contributed by atoms with Gasteiger partial charge < -0.3 is 10.5 Å². The highest BCUT2D eigenvalue weighted by Crippen LogP contribution is 2.14. The maximum absolute atomic E-state index is 11.2. The van der Waals surface area contributed by atoms with Crippen LogP contribution in [0.25, 0.3) is 5.69 Å².